The quantitative estimate of drug-likeness (QED) is 0.176. The number of esters is 1. The van der Waals surface area contributed by atoms with Crippen molar-refractivity contribution in [1.82, 2.24) is 15.6 Å². The molecule has 2 aliphatic heterocycles. The van der Waals surface area contributed by atoms with Crippen molar-refractivity contribution in [1.29, 1.82) is 0 Å². The molecule has 51 heavy (non-hydrogen) atoms. The number of pyridine rings is 1. The monoisotopic (exact) mass is 689 g/mol. The first-order valence-corrected chi connectivity index (χ1v) is 18.2. The average Bonchev–Trinajstić information content (AvgIpc) is 3.17. The molecule has 3 heterocycles. The lowest BCUT2D eigenvalue weighted by Gasteiger charge is -2.31. The molecule has 7 rings (SSSR count). The summed E-state index contributed by atoms with van der Waals surface area (Å²) in [5.74, 6) is 2.12. The summed E-state index contributed by atoms with van der Waals surface area (Å²) in [7, 11) is 1.34. The number of aromatic nitrogens is 1. The van der Waals surface area contributed by atoms with Gasteiger partial charge in [-0.3, -0.25) is 9.78 Å². The van der Waals surface area contributed by atoms with Gasteiger partial charge < -0.3 is 29.6 Å². The molecular formula is C42H47N3O6. The molecule has 1 amide bonds. The van der Waals surface area contributed by atoms with E-state index in [1.54, 1.807) is 0 Å². The topological polar surface area (TPSA) is 108 Å². The molecule has 3 aromatic carbocycles. The molecule has 1 unspecified atom stereocenters. The number of amides is 1. The molecule has 266 valence electrons. The van der Waals surface area contributed by atoms with E-state index in [0.29, 0.717) is 43.4 Å². The van der Waals surface area contributed by atoms with Crippen molar-refractivity contribution in [2.24, 2.45) is 5.92 Å². The number of nitrogens with zero attached hydrogens (tertiary/aromatic N) is 1. The Morgan fingerprint density at radius 3 is 2.59 bits per heavy atom. The van der Waals surface area contributed by atoms with Crippen molar-refractivity contribution in [2.45, 2.75) is 83.5 Å². The Hall–Kier alpha value is -4.89. The van der Waals surface area contributed by atoms with Crippen LogP contribution >= 0.6 is 0 Å². The van der Waals surface area contributed by atoms with Crippen LogP contribution in [0.4, 0.5) is 0 Å². The van der Waals surface area contributed by atoms with Crippen LogP contribution in [0.3, 0.4) is 0 Å². The third kappa shape index (κ3) is 8.04. The molecule has 9 heteroatoms. The zero-order chi connectivity index (χ0) is 35.3. The smallest absolute Gasteiger partial charge is 0.328 e. The molecule has 9 nitrogen and oxygen atoms in total. The van der Waals surface area contributed by atoms with Crippen LogP contribution in [0.1, 0.15) is 71.7 Å². The van der Waals surface area contributed by atoms with Crippen LogP contribution in [0.15, 0.2) is 72.9 Å². The molecule has 1 aliphatic carbocycles. The summed E-state index contributed by atoms with van der Waals surface area (Å²) in [6.45, 7) is 5.68. The first-order chi connectivity index (χ1) is 24.8. The number of rotatable bonds is 10. The number of hydrogen-bond donors (Lipinski definition) is 2. The van der Waals surface area contributed by atoms with Gasteiger partial charge in [-0.15, -0.1) is 0 Å². The van der Waals surface area contributed by atoms with Crippen molar-refractivity contribution in [2.75, 3.05) is 20.3 Å². The van der Waals surface area contributed by atoms with E-state index >= 15 is 0 Å². The Balaban J connectivity index is 0.969. The molecule has 2 N–H and O–H groups in total. The minimum absolute atomic E-state index is 0.251. The Bertz CT molecular complexity index is 1870. The second-order valence-corrected chi connectivity index (χ2v) is 14.1. The minimum Gasteiger partial charge on any atom is -0.493 e. The van der Waals surface area contributed by atoms with Gasteiger partial charge in [0.2, 0.25) is 5.91 Å². The molecule has 1 aromatic heterocycles. The largest absolute Gasteiger partial charge is 0.493 e. The van der Waals surface area contributed by atoms with E-state index in [9.17, 15) is 9.59 Å². The maximum absolute atomic E-state index is 13.5. The van der Waals surface area contributed by atoms with Crippen molar-refractivity contribution in [3.63, 3.8) is 0 Å². The SMILES string of the molecule is COC(=O)C(Cc1ccc(-c2ccnc(C)c2C)cc1)NC(=O)[C@@H]1Cc2cc3c(cc2CN1)O[C@@H](c1cccc(OCC2CCCCC2)c1)CO3. The highest BCUT2D eigenvalue weighted by atomic mass is 16.6. The highest BCUT2D eigenvalue weighted by Crippen LogP contribution is 2.40. The Labute approximate surface area is 300 Å². The Kier molecular flexibility index (Phi) is 10.5. The summed E-state index contributed by atoms with van der Waals surface area (Å²) >= 11 is 0. The van der Waals surface area contributed by atoms with E-state index in [2.05, 4.69) is 34.7 Å². The number of hydrogen-bond acceptors (Lipinski definition) is 8. The molecule has 1 fully saturated rings. The zero-order valence-corrected chi connectivity index (χ0v) is 29.7. The lowest BCUT2D eigenvalue weighted by Crippen LogP contribution is -2.53. The van der Waals surface area contributed by atoms with Crippen molar-refractivity contribution < 1.29 is 28.5 Å². The van der Waals surface area contributed by atoms with Crippen molar-refractivity contribution >= 4 is 11.9 Å². The fourth-order valence-electron chi connectivity index (χ4n) is 7.42. The standard InChI is InChI=1S/C42H47N3O6/c1-26-27(2)43-17-16-35(26)30-14-12-28(13-15-30)18-37(42(47)48-3)45-41(46)36-20-32-21-38-39(22-33(32)23-44-36)51-40(25-50-38)31-10-7-11-34(19-31)49-24-29-8-5-4-6-9-29/h7,10-17,19,21-22,29,36-37,40,44H,4-6,8-9,18,20,23-25H2,1-3H3,(H,45,46)/t36-,37?,40+/m0/s1. The molecule has 0 bridgehead atoms. The predicted octanol–water partition coefficient (Wildman–Crippen LogP) is 6.75. The Morgan fingerprint density at radius 2 is 1.78 bits per heavy atom. The van der Waals surface area contributed by atoms with Crippen LogP contribution in [0.25, 0.3) is 11.1 Å². The number of ether oxygens (including phenoxy) is 4. The maximum Gasteiger partial charge on any atom is 0.328 e. The fourth-order valence-corrected chi connectivity index (χ4v) is 7.42. The summed E-state index contributed by atoms with van der Waals surface area (Å²) in [5, 5.41) is 6.30. The number of methoxy groups -OCH3 is 1. The van der Waals surface area contributed by atoms with Crippen molar-refractivity contribution in [3.05, 3.63) is 106 Å². The molecule has 0 spiro atoms. The number of benzene rings is 3. The molecule has 3 aliphatic rings. The summed E-state index contributed by atoms with van der Waals surface area (Å²) in [6.07, 6.45) is 8.76. The van der Waals surface area contributed by atoms with Gasteiger partial charge in [-0.1, -0.05) is 55.7 Å². The molecule has 0 saturated heterocycles. The maximum atomic E-state index is 13.5. The van der Waals surface area contributed by atoms with Gasteiger partial charge in [-0.25, -0.2) is 4.79 Å². The summed E-state index contributed by atoms with van der Waals surface area (Å²) in [5.41, 5.74) is 8.31. The number of fused-ring (bicyclic) bond motifs is 2. The van der Waals surface area contributed by atoms with Gasteiger partial charge in [-0.05, 0) is 108 Å². The second kappa shape index (κ2) is 15.6. The normalized spacial score (nSPS) is 19.0. The molecule has 0 radical (unpaired) electrons. The Morgan fingerprint density at radius 1 is 0.980 bits per heavy atom. The van der Waals surface area contributed by atoms with E-state index in [-0.39, 0.29) is 12.0 Å². The predicted molar refractivity (Wildman–Crippen MR) is 195 cm³/mol. The van der Waals surface area contributed by atoms with E-state index in [1.165, 1.54) is 39.2 Å². The van der Waals surface area contributed by atoms with Crippen molar-refractivity contribution in [3.8, 4) is 28.4 Å². The van der Waals surface area contributed by atoms with Crippen LogP contribution in [-0.4, -0.2) is 49.3 Å². The van der Waals surface area contributed by atoms with Gasteiger partial charge in [0.25, 0.3) is 0 Å². The van der Waals surface area contributed by atoms with Crippen LogP contribution in [0, 0.1) is 19.8 Å². The van der Waals surface area contributed by atoms with Gasteiger partial charge in [0.1, 0.15) is 18.4 Å². The third-order valence-corrected chi connectivity index (χ3v) is 10.6. The van der Waals surface area contributed by atoms with Gasteiger partial charge in [0, 0.05) is 24.9 Å². The summed E-state index contributed by atoms with van der Waals surface area (Å²) in [6, 6.07) is 20.8. The number of carbonyl (C=O) groups excluding carboxylic acids is 2. The van der Waals surface area contributed by atoms with Gasteiger partial charge in [0.15, 0.2) is 17.6 Å². The van der Waals surface area contributed by atoms with Crippen LogP contribution in [0.5, 0.6) is 17.2 Å². The van der Waals surface area contributed by atoms with Gasteiger partial charge >= 0.3 is 5.97 Å². The van der Waals surface area contributed by atoms with Gasteiger partial charge in [-0.2, -0.15) is 0 Å². The van der Waals surface area contributed by atoms with E-state index in [1.807, 2.05) is 67.7 Å². The van der Waals surface area contributed by atoms with Crippen LogP contribution < -0.4 is 24.8 Å². The first kappa shape index (κ1) is 34.6. The van der Waals surface area contributed by atoms with Crippen LogP contribution in [0.2, 0.25) is 0 Å². The van der Waals surface area contributed by atoms with Crippen LogP contribution in [-0.2, 0) is 33.7 Å². The molecule has 1 saturated carbocycles. The first-order valence-electron chi connectivity index (χ1n) is 18.2. The van der Waals surface area contributed by atoms with E-state index < -0.39 is 18.1 Å². The van der Waals surface area contributed by atoms with E-state index in [4.69, 9.17) is 18.9 Å². The second-order valence-electron chi connectivity index (χ2n) is 14.1. The molecular weight excluding hydrogens is 642 g/mol. The molecule has 3 atom stereocenters. The highest BCUT2D eigenvalue weighted by molar-refractivity contribution is 5.88. The van der Waals surface area contributed by atoms with Gasteiger partial charge in [0.05, 0.1) is 19.8 Å². The lowest BCUT2D eigenvalue weighted by atomic mass is 9.90. The summed E-state index contributed by atoms with van der Waals surface area (Å²) in [4.78, 5) is 30.7. The summed E-state index contributed by atoms with van der Waals surface area (Å²) < 4.78 is 23.9. The van der Waals surface area contributed by atoms with E-state index in [0.717, 1.165) is 57.0 Å². The number of carbonyl (C=O) groups is 2. The average molecular weight is 690 g/mol. The lowest BCUT2D eigenvalue weighted by molar-refractivity contribution is -0.145. The highest BCUT2D eigenvalue weighted by Gasteiger charge is 2.31. The minimum atomic E-state index is -0.824. The molecule has 4 aromatic rings. The number of aryl methyl sites for hydroxylation is 1. The fraction of sp³-hybridized carbons (Fsp3) is 0.405. The number of nitrogens with one attached hydrogen (secondary N) is 2. The zero-order valence-electron chi connectivity index (χ0n) is 29.7. The third-order valence-electron chi connectivity index (χ3n) is 10.6.